The third-order valence-corrected chi connectivity index (χ3v) is 3.33. The summed E-state index contributed by atoms with van der Waals surface area (Å²) in [5.41, 5.74) is 0. The van der Waals surface area contributed by atoms with Crippen molar-refractivity contribution >= 4 is 0 Å². The number of nitrogens with zero attached hydrogens (tertiary/aromatic N) is 2. The number of rotatable bonds is 1. The fraction of sp³-hybridized carbons (Fsp3) is 1.00. The van der Waals surface area contributed by atoms with Gasteiger partial charge in [-0.1, -0.05) is 0 Å². The van der Waals surface area contributed by atoms with Gasteiger partial charge in [-0.15, -0.1) is 0 Å². The molecule has 2 aliphatic rings. The first kappa shape index (κ1) is 10.2. The van der Waals surface area contributed by atoms with Crippen LogP contribution in [0.2, 0.25) is 0 Å². The van der Waals surface area contributed by atoms with E-state index in [9.17, 15) is 13.2 Å². The maximum Gasteiger partial charge on any atom is 0.401 e. The number of halogens is 3. The monoisotopic (exact) mass is 208 g/mol. The van der Waals surface area contributed by atoms with E-state index in [1.165, 1.54) is 0 Å². The van der Waals surface area contributed by atoms with Gasteiger partial charge in [0, 0.05) is 25.2 Å². The molecule has 2 fully saturated rings. The summed E-state index contributed by atoms with van der Waals surface area (Å²) in [5.74, 6) is 0. The number of hydrogen-bond donors (Lipinski definition) is 0. The lowest BCUT2D eigenvalue weighted by Gasteiger charge is -2.39. The van der Waals surface area contributed by atoms with E-state index in [0.29, 0.717) is 25.2 Å². The minimum Gasteiger partial charge on any atom is -0.298 e. The van der Waals surface area contributed by atoms with Crippen LogP contribution in [0, 0.1) is 0 Å². The zero-order valence-corrected chi connectivity index (χ0v) is 8.22. The van der Waals surface area contributed by atoms with E-state index in [1.54, 1.807) is 4.90 Å². The maximum absolute atomic E-state index is 12.2. The topological polar surface area (TPSA) is 6.48 Å². The minimum atomic E-state index is -4.05. The summed E-state index contributed by atoms with van der Waals surface area (Å²) in [4.78, 5) is 3.77. The molecule has 0 amide bonds. The molecule has 2 rings (SSSR count). The molecule has 14 heavy (non-hydrogen) atoms. The average Bonchev–Trinajstić information content (AvgIpc) is 2.32. The highest BCUT2D eigenvalue weighted by Gasteiger charge is 2.41. The first-order chi connectivity index (χ1) is 6.46. The fourth-order valence-electron chi connectivity index (χ4n) is 2.58. The van der Waals surface area contributed by atoms with Crippen molar-refractivity contribution in [1.29, 1.82) is 0 Å². The molecule has 2 aliphatic heterocycles. The van der Waals surface area contributed by atoms with Crippen LogP contribution in [0.25, 0.3) is 0 Å². The van der Waals surface area contributed by atoms with Crippen molar-refractivity contribution < 1.29 is 13.2 Å². The van der Waals surface area contributed by atoms with E-state index in [-0.39, 0.29) is 0 Å². The van der Waals surface area contributed by atoms with Gasteiger partial charge in [0.2, 0.25) is 0 Å². The van der Waals surface area contributed by atoms with Gasteiger partial charge < -0.3 is 0 Å². The highest BCUT2D eigenvalue weighted by atomic mass is 19.4. The van der Waals surface area contributed by atoms with E-state index in [1.807, 2.05) is 7.05 Å². The normalized spacial score (nSPS) is 35.1. The van der Waals surface area contributed by atoms with Gasteiger partial charge in [-0.25, -0.2) is 0 Å². The molecule has 0 radical (unpaired) electrons. The van der Waals surface area contributed by atoms with Crippen LogP contribution >= 0.6 is 0 Å². The largest absolute Gasteiger partial charge is 0.401 e. The Labute approximate surface area is 81.7 Å². The first-order valence-electron chi connectivity index (χ1n) is 4.97. The summed E-state index contributed by atoms with van der Waals surface area (Å²) >= 11 is 0. The molecular weight excluding hydrogens is 193 g/mol. The second kappa shape index (κ2) is 3.38. The van der Waals surface area contributed by atoms with Crippen LogP contribution in [0.1, 0.15) is 12.8 Å². The van der Waals surface area contributed by atoms with Crippen LogP contribution < -0.4 is 0 Å². The standard InChI is InChI=1S/C9H15F3N2/c1-13-7-2-3-8(13)5-14(4-7)6-9(10,11)12/h7-8H,2-6H2,1H3. The van der Waals surface area contributed by atoms with Gasteiger partial charge >= 0.3 is 6.18 Å². The number of hydrogen-bond acceptors (Lipinski definition) is 2. The summed E-state index contributed by atoms with van der Waals surface area (Å²) < 4.78 is 36.5. The lowest BCUT2D eigenvalue weighted by Crippen LogP contribution is -2.53. The summed E-state index contributed by atoms with van der Waals surface area (Å²) in [7, 11) is 2.02. The Morgan fingerprint density at radius 2 is 1.64 bits per heavy atom. The van der Waals surface area contributed by atoms with Crippen LogP contribution in [-0.2, 0) is 0 Å². The predicted molar refractivity (Wildman–Crippen MR) is 47.1 cm³/mol. The molecule has 0 aromatic rings. The van der Waals surface area contributed by atoms with Crippen LogP contribution in [0.3, 0.4) is 0 Å². The Bertz CT molecular complexity index is 203. The van der Waals surface area contributed by atoms with Crippen molar-refractivity contribution in [2.45, 2.75) is 31.1 Å². The van der Waals surface area contributed by atoms with Crippen molar-refractivity contribution in [1.82, 2.24) is 9.80 Å². The first-order valence-corrected chi connectivity index (χ1v) is 4.97. The van der Waals surface area contributed by atoms with Crippen molar-refractivity contribution in [3.8, 4) is 0 Å². The number of fused-ring (bicyclic) bond motifs is 2. The Morgan fingerprint density at radius 1 is 1.14 bits per heavy atom. The second-order valence-electron chi connectivity index (χ2n) is 4.36. The van der Waals surface area contributed by atoms with Crippen molar-refractivity contribution in [3.63, 3.8) is 0 Å². The third-order valence-electron chi connectivity index (χ3n) is 3.33. The molecule has 0 aromatic heterocycles. The quantitative estimate of drug-likeness (QED) is 0.641. The number of piperazine rings is 1. The smallest absolute Gasteiger partial charge is 0.298 e. The third kappa shape index (κ3) is 2.03. The van der Waals surface area contributed by atoms with E-state index in [2.05, 4.69) is 4.90 Å². The Hall–Kier alpha value is -0.290. The van der Waals surface area contributed by atoms with Gasteiger partial charge in [-0.3, -0.25) is 9.80 Å². The molecule has 2 heterocycles. The van der Waals surface area contributed by atoms with Crippen LogP contribution in [0.15, 0.2) is 0 Å². The summed E-state index contributed by atoms with van der Waals surface area (Å²) in [6.45, 7) is 0.410. The molecule has 0 saturated carbocycles. The number of likely N-dealkylation sites (N-methyl/N-ethyl adjacent to an activating group) is 1. The lowest BCUT2D eigenvalue weighted by atomic mass is 10.2. The molecule has 0 spiro atoms. The van der Waals surface area contributed by atoms with E-state index in [4.69, 9.17) is 0 Å². The Balaban J connectivity index is 1.93. The Kier molecular flexibility index (Phi) is 2.47. The highest BCUT2D eigenvalue weighted by Crippen LogP contribution is 2.29. The number of alkyl halides is 3. The minimum absolute atomic E-state index is 0.344. The Morgan fingerprint density at radius 3 is 2.07 bits per heavy atom. The molecule has 2 unspecified atom stereocenters. The molecule has 5 heteroatoms. The van der Waals surface area contributed by atoms with Gasteiger partial charge in [0.15, 0.2) is 0 Å². The van der Waals surface area contributed by atoms with Gasteiger partial charge in [0.25, 0.3) is 0 Å². The van der Waals surface area contributed by atoms with Crippen LogP contribution in [0.5, 0.6) is 0 Å². The molecule has 2 atom stereocenters. The van der Waals surface area contributed by atoms with E-state index >= 15 is 0 Å². The van der Waals surface area contributed by atoms with Crippen LogP contribution in [0.4, 0.5) is 13.2 Å². The molecule has 2 nitrogen and oxygen atoms in total. The summed E-state index contributed by atoms with van der Waals surface area (Å²) in [6, 6.07) is 0.687. The fourth-order valence-corrected chi connectivity index (χ4v) is 2.58. The van der Waals surface area contributed by atoms with Gasteiger partial charge in [-0.2, -0.15) is 13.2 Å². The van der Waals surface area contributed by atoms with Crippen molar-refractivity contribution in [3.05, 3.63) is 0 Å². The highest BCUT2D eigenvalue weighted by molar-refractivity contribution is 4.94. The van der Waals surface area contributed by atoms with Gasteiger partial charge in [-0.05, 0) is 19.9 Å². The average molecular weight is 208 g/mol. The van der Waals surface area contributed by atoms with Gasteiger partial charge in [0.1, 0.15) is 0 Å². The number of likely N-dealkylation sites (tertiary alicyclic amines) is 1. The van der Waals surface area contributed by atoms with Crippen molar-refractivity contribution in [2.75, 3.05) is 26.7 Å². The predicted octanol–water partition coefficient (Wildman–Crippen LogP) is 1.33. The van der Waals surface area contributed by atoms with E-state index in [0.717, 1.165) is 12.8 Å². The SMILES string of the molecule is CN1C2CCC1CN(CC(F)(F)F)C2. The molecule has 0 aliphatic carbocycles. The zero-order chi connectivity index (χ0) is 10.3. The van der Waals surface area contributed by atoms with Crippen molar-refractivity contribution in [2.24, 2.45) is 0 Å². The van der Waals surface area contributed by atoms with Gasteiger partial charge in [0.05, 0.1) is 6.54 Å². The molecule has 0 N–H and O–H groups in total. The zero-order valence-electron chi connectivity index (χ0n) is 8.22. The molecule has 82 valence electrons. The van der Waals surface area contributed by atoms with E-state index < -0.39 is 12.7 Å². The molecule has 2 saturated heterocycles. The molecule has 2 bridgehead atoms. The summed E-state index contributed by atoms with van der Waals surface area (Å²) in [6.07, 6.45) is -1.94. The second-order valence-corrected chi connectivity index (χ2v) is 4.36. The lowest BCUT2D eigenvalue weighted by molar-refractivity contribution is -0.151. The molecule has 0 aromatic carbocycles. The molecular formula is C9H15F3N2. The summed E-state index contributed by atoms with van der Waals surface area (Å²) in [5, 5.41) is 0. The maximum atomic E-state index is 12.2. The van der Waals surface area contributed by atoms with Crippen LogP contribution in [-0.4, -0.2) is 54.7 Å².